The predicted octanol–water partition coefficient (Wildman–Crippen LogP) is 6.72. The molecule has 1 heterocycles. The highest BCUT2D eigenvalue weighted by Crippen LogP contribution is 2.32. The highest BCUT2D eigenvalue weighted by Gasteiger charge is 2.08. The van der Waals surface area contributed by atoms with E-state index in [9.17, 15) is 0 Å². The average Bonchev–Trinajstić information content (AvgIpc) is 3.02. The van der Waals surface area contributed by atoms with E-state index >= 15 is 0 Å². The van der Waals surface area contributed by atoms with Crippen LogP contribution < -0.4 is 5.43 Å². The van der Waals surface area contributed by atoms with Crippen LogP contribution in [-0.4, -0.2) is 10.7 Å². The van der Waals surface area contributed by atoms with Crippen LogP contribution in [0.5, 0.6) is 0 Å². The number of nitrogens with zero attached hydrogens (tertiary/aromatic N) is 2. The van der Waals surface area contributed by atoms with Gasteiger partial charge in [-0.1, -0.05) is 51.3 Å². The molecule has 24 heavy (non-hydrogen) atoms. The summed E-state index contributed by atoms with van der Waals surface area (Å²) in [5.41, 5.74) is 6.55. The van der Waals surface area contributed by atoms with Gasteiger partial charge in [-0.25, -0.2) is 4.98 Å². The van der Waals surface area contributed by atoms with Crippen molar-refractivity contribution in [2.45, 2.75) is 6.92 Å². The molecule has 0 spiro atoms. The Hall–Kier alpha value is -1.40. The summed E-state index contributed by atoms with van der Waals surface area (Å²) >= 11 is 17.0. The molecule has 0 radical (unpaired) electrons. The van der Waals surface area contributed by atoms with Crippen molar-refractivity contribution in [1.82, 2.24) is 4.98 Å². The topological polar surface area (TPSA) is 37.3 Å². The fourth-order valence-electron chi connectivity index (χ4n) is 2.03. The van der Waals surface area contributed by atoms with Crippen molar-refractivity contribution in [3.8, 4) is 11.3 Å². The van der Waals surface area contributed by atoms with Crippen LogP contribution >= 0.6 is 50.5 Å². The second-order valence-corrected chi connectivity index (χ2v) is 7.60. The van der Waals surface area contributed by atoms with E-state index in [1.165, 1.54) is 11.3 Å². The van der Waals surface area contributed by atoms with Crippen LogP contribution in [0.1, 0.15) is 12.5 Å². The molecule has 0 aliphatic heterocycles. The molecule has 2 aromatic carbocycles. The van der Waals surface area contributed by atoms with Gasteiger partial charge < -0.3 is 0 Å². The van der Waals surface area contributed by atoms with Crippen molar-refractivity contribution in [1.29, 1.82) is 0 Å². The van der Waals surface area contributed by atoms with Crippen LogP contribution in [0.25, 0.3) is 11.3 Å². The zero-order valence-corrected chi connectivity index (χ0v) is 16.5. The van der Waals surface area contributed by atoms with E-state index in [0.29, 0.717) is 15.2 Å². The van der Waals surface area contributed by atoms with Crippen LogP contribution in [0.4, 0.5) is 5.13 Å². The number of hydrogen-bond acceptors (Lipinski definition) is 4. The Morgan fingerprint density at radius 3 is 2.62 bits per heavy atom. The van der Waals surface area contributed by atoms with Crippen LogP contribution in [0.3, 0.4) is 0 Å². The van der Waals surface area contributed by atoms with E-state index in [2.05, 4.69) is 31.4 Å². The van der Waals surface area contributed by atoms with E-state index < -0.39 is 0 Å². The van der Waals surface area contributed by atoms with Gasteiger partial charge in [0.1, 0.15) is 0 Å². The highest BCUT2D eigenvalue weighted by atomic mass is 79.9. The molecule has 0 fully saturated rings. The molecule has 122 valence electrons. The summed E-state index contributed by atoms with van der Waals surface area (Å²) in [6.45, 7) is 1.95. The second-order valence-electron chi connectivity index (χ2n) is 4.98. The van der Waals surface area contributed by atoms with Gasteiger partial charge in [0.05, 0.1) is 16.4 Å². The third kappa shape index (κ3) is 4.16. The molecule has 0 atom stereocenters. The Kier molecular flexibility index (Phi) is 5.56. The van der Waals surface area contributed by atoms with Gasteiger partial charge in [-0.15, -0.1) is 11.3 Å². The Morgan fingerprint density at radius 2 is 1.92 bits per heavy atom. The lowest BCUT2D eigenvalue weighted by Crippen LogP contribution is -1.99. The van der Waals surface area contributed by atoms with E-state index in [1.807, 2.05) is 42.6 Å². The molecule has 0 unspecified atom stereocenters. The molecule has 7 heteroatoms. The van der Waals surface area contributed by atoms with Crippen LogP contribution in [0.15, 0.2) is 57.4 Å². The maximum atomic E-state index is 6.22. The number of benzene rings is 2. The molecule has 0 aliphatic carbocycles. The number of halogens is 3. The Morgan fingerprint density at radius 1 is 1.17 bits per heavy atom. The van der Waals surface area contributed by atoms with Gasteiger partial charge in [0.25, 0.3) is 0 Å². The molecule has 0 bridgehead atoms. The third-order valence-electron chi connectivity index (χ3n) is 3.29. The normalized spacial score (nSPS) is 11.6. The van der Waals surface area contributed by atoms with Gasteiger partial charge in [-0.2, -0.15) is 5.10 Å². The molecule has 1 aromatic heterocycles. The van der Waals surface area contributed by atoms with Gasteiger partial charge in [0, 0.05) is 20.4 Å². The molecule has 0 saturated heterocycles. The van der Waals surface area contributed by atoms with Crippen molar-refractivity contribution < 1.29 is 0 Å². The largest absolute Gasteiger partial charge is 0.252 e. The summed E-state index contributed by atoms with van der Waals surface area (Å²) in [4.78, 5) is 4.52. The summed E-state index contributed by atoms with van der Waals surface area (Å²) < 4.78 is 1.04. The maximum Gasteiger partial charge on any atom is 0.203 e. The number of anilines is 1. The molecule has 0 aliphatic rings. The fraction of sp³-hybridized carbons (Fsp3) is 0.0588. The van der Waals surface area contributed by atoms with Crippen molar-refractivity contribution >= 4 is 61.3 Å². The SMILES string of the molecule is CC(=NNc1nc(-c2ccc(Cl)cc2Cl)cs1)c1ccc(Br)cc1. The first kappa shape index (κ1) is 17.4. The first-order chi connectivity index (χ1) is 11.5. The first-order valence-corrected chi connectivity index (χ1v) is 9.43. The standard InChI is InChI=1S/C17H12BrCl2N3S/c1-10(11-2-4-12(18)5-3-11)22-23-17-21-16(9-24-17)14-7-6-13(19)8-15(14)20/h2-9H,1H3,(H,21,23). The second kappa shape index (κ2) is 7.66. The van der Waals surface area contributed by atoms with E-state index in [-0.39, 0.29) is 0 Å². The van der Waals surface area contributed by atoms with Crippen LogP contribution in [-0.2, 0) is 0 Å². The molecule has 3 nitrogen and oxygen atoms in total. The fourth-order valence-corrected chi connectivity index (χ4v) is 3.46. The summed E-state index contributed by atoms with van der Waals surface area (Å²) in [5.74, 6) is 0. The average molecular weight is 441 g/mol. The number of rotatable bonds is 4. The van der Waals surface area contributed by atoms with Gasteiger partial charge in [-0.05, 0) is 42.8 Å². The Balaban J connectivity index is 1.76. The van der Waals surface area contributed by atoms with Crippen LogP contribution in [0, 0.1) is 0 Å². The van der Waals surface area contributed by atoms with Gasteiger partial charge >= 0.3 is 0 Å². The zero-order valence-electron chi connectivity index (χ0n) is 12.6. The third-order valence-corrected chi connectivity index (χ3v) is 5.12. The van der Waals surface area contributed by atoms with Crippen LogP contribution in [0.2, 0.25) is 10.0 Å². The summed E-state index contributed by atoms with van der Waals surface area (Å²) in [6.07, 6.45) is 0. The number of nitrogens with one attached hydrogen (secondary N) is 1. The molecule has 1 N–H and O–H groups in total. The number of hydrazone groups is 1. The molecule has 3 aromatic rings. The predicted molar refractivity (Wildman–Crippen MR) is 108 cm³/mol. The molecular formula is C17H12BrCl2N3S. The maximum absolute atomic E-state index is 6.22. The van der Waals surface area contributed by atoms with Crippen molar-refractivity contribution in [2.24, 2.45) is 5.10 Å². The minimum absolute atomic E-state index is 0.578. The summed E-state index contributed by atoms with van der Waals surface area (Å²) in [7, 11) is 0. The minimum Gasteiger partial charge on any atom is -0.252 e. The quantitative estimate of drug-likeness (QED) is 0.361. The van der Waals surface area contributed by atoms with E-state index in [0.717, 1.165) is 27.0 Å². The Bertz CT molecular complexity index is 891. The van der Waals surface area contributed by atoms with E-state index in [1.54, 1.807) is 12.1 Å². The van der Waals surface area contributed by atoms with Gasteiger partial charge in [0.15, 0.2) is 0 Å². The van der Waals surface area contributed by atoms with Crippen molar-refractivity contribution in [3.05, 3.63) is 67.9 Å². The Labute approximate surface area is 162 Å². The van der Waals surface area contributed by atoms with E-state index in [4.69, 9.17) is 23.2 Å². The number of hydrogen-bond donors (Lipinski definition) is 1. The lowest BCUT2D eigenvalue weighted by Gasteiger charge is -2.02. The smallest absolute Gasteiger partial charge is 0.203 e. The summed E-state index contributed by atoms with van der Waals surface area (Å²) in [6, 6.07) is 13.3. The van der Waals surface area contributed by atoms with Crippen molar-refractivity contribution in [3.63, 3.8) is 0 Å². The zero-order chi connectivity index (χ0) is 17.1. The van der Waals surface area contributed by atoms with Gasteiger partial charge in [-0.3, -0.25) is 5.43 Å². The highest BCUT2D eigenvalue weighted by molar-refractivity contribution is 9.10. The number of thiazole rings is 1. The molecular weight excluding hydrogens is 429 g/mol. The molecule has 3 rings (SSSR count). The molecule has 0 amide bonds. The minimum atomic E-state index is 0.578. The van der Waals surface area contributed by atoms with Gasteiger partial charge in [0.2, 0.25) is 5.13 Å². The first-order valence-electron chi connectivity index (χ1n) is 7.00. The monoisotopic (exact) mass is 439 g/mol. The lowest BCUT2D eigenvalue weighted by molar-refractivity contribution is 1.27. The number of aromatic nitrogens is 1. The van der Waals surface area contributed by atoms with Crippen molar-refractivity contribution in [2.75, 3.05) is 5.43 Å². The summed E-state index contributed by atoms with van der Waals surface area (Å²) in [5, 5.41) is 8.20. The lowest BCUT2D eigenvalue weighted by atomic mass is 10.1. The molecule has 0 saturated carbocycles.